The molecule has 2 rings (SSSR count). The van der Waals surface area contributed by atoms with Crippen molar-refractivity contribution < 1.29 is 8.42 Å². The SMILES string of the molecule is CCCNCc1cc(S(=O)(=O)N2CC(C)C(C)C2)c(Br)s1. The van der Waals surface area contributed by atoms with Crippen LogP contribution in [0.5, 0.6) is 0 Å². The predicted octanol–water partition coefficient (Wildman–Crippen LogP) is 3.29. The maximum absolute atomic E-state index is 12.8. The molecule has 2 heterocycles. The highest BCUT2D eigenvalue weighted by Gasteiger charge is 2.36. The van der Waals surface area contributed by atoms with Gasteiger partial charge >= 0.3 is 0 Å². The van der Waals surface area contributed by atoms with Gasteiger partial charge < -0.3 is 5.32 Å². The van der Waals surface area contributed by atoms with Crippen molar-refractivity contribution in [1.82, 2.24) is 9.62 Å². The van der Waals surface area contributed by atoms with Crippen LogP contribution >= 0.6 is 27.3 Å². The second-order valence-corrected chi connectivity index (χ2v) is 10.2. The van der Waals surface area contributed by atoms with E-state index in [1.807, 2.05) is 0 Å². The minimum Gasteiger partial charge on any atom is -0.312 e. The highest BCUT2D eigenvalue weighted by atomic mass is 79.9. The van der Waals surface area contributed by atoms with E-state index in [1.54, 1.807) is 10.4 Å². The van der Waals surface area contributed by atoms with Crippen molar-refractivity contribution in [2.45, 2.75) is 38.6 Å². The molecular weight excluding hydrogens is 372 g/mol. The van der Waals surface area contributed by atoms with Crippen LogP contribution in [0.2, 0.25) is 0 Å². The van der Waals surface area contributed by atoms with Gasteiger partial charge in [0.1, 0.15) is 4.90 Å². The molecule has 1 aromatic heterocycles. The molecular formula is C14H23BrN2O2S2. The largest absolute Gasteiger partial charge is 0.312 e. The summed E-state index contributed by atoms with van der Waals surface area (Å²) in [6.07, 6.45) is 1.07. The summed E-state index contributed by atoms with van der Waals surface area (Å²) < 4.78 is 27.9. The lowest BCUT2D eigenvalue weighted by Gasteiger charge is -2.15. The Labute approximate surface area is 140 Å². The van der Waals surface area contributed by atoms with Crippen LogP contribution in [0.4, 0.5) is 0 Å². The summed E-state index contributed by atoms with van der Waals surface area (Å²) in [5, 5.41) is 3.31. The molecule has 1 aliphatic heterocycles. The molecule has 7 heteroatoms. The standard InChI is InChI=1S/C14H23BrN2O2S2/c1-4-5-16-7-12-6-13(14(15)20-12)21(18,19)17-8-10(2)11(3)9-17/h6,10-11,16H,4-5,7-9H2,1-3H3. The Morgan fingerprint density at radius 2 is 2.00 bits per heavy atom. The Balaban J connectivity index is 2.17. The van der Waals surface area contributed by atoms with Crippen molar-refractivity contribution in [3.05, 3.63) is 14.7 Å². The smallest absolute Gasteiger partial charge is 0.245 e. The molecule has 4 nitrogen and oxygen atoms in total. The van der Waals surface area contributed by atoms with Gasteiger partial charge in [0, 0.05) is 24.5 Å². The zero-order valence-electron chi connectivity index (χ0n) is 12.7. The molecule has 0 radical (unpaired) electrons. The Kier molecular flexibility index (Phi) is 5.87. The zero-order valence-corrected chi connectivity index (χ0v) is 15.9. The van der Waals surface area contributed by atoms with Crippen LogP contribution in [0.3, 0.4) is 0 Å². The fourth-order valence-electron chi connectivity index (χ4n) is 2.46. The second kappa shape index (κ2) is 7.08. The van der Waals surface area contributed by atoms with Crippen molar-refractivity contribution in [3.8, 4) is 0 Å². The molecule has 2 atom stereocenters. The minimum absolute atomic E-state index is 0.419. The van der Waals surface area contributed by atoms with Crippen molar-refractivity contribution in [2.75, 3.05) is 19.6 Å². The third-order valence-corrected chi connectivity index (χ3v) is 8.09. The molecule has 0 saturated carbocycles. The first-order valence-electron chi connectivity index (χ1n) is 7.35. The number of nitrogens with one attached hydrogen (secondary N) is 1. The van der Waals surface area contributed by atoms with E-state index in [0.717, 1.165) is 24.4 Å². The van der Waals surface area contributed by atoms with Gasteiger partial charge in [-0.1, -0.05) is 20.8 Å². The molecule has 21 heavy (non-hydrogen) atoms. The van der Waals surface area contributed by atoms with Crippen LogP contribution in [-0.4, -0.2) is 32.4 Å². The fourth-order valence-corrected chi connectivity index (χ4v) is 6.70. The molecule has 0 spiro atoms. The fraction of sp³-hybridized carbons (Fsp3) is 0.714. The summed E-state index contributed by atoms with van der Waals surface area (Å²) in [6.45, 7) is 9.25. The highest BCUT2D eigenvalue weighted by molar-refractivity contribution is 9.11. The molecule has 0 bridgehead atoms. The summed E-state index contributed by atoms with van der Waals surface area (Å²) >= 11 is 4.92. The third kappa shape index (κ3) is 3.88. The maximum atomic E-state index is 12.8. The molecule has 1 aliphatic rings. The van der Waals surface area contributed by atoms with Crippen molar-refractivity contribution in [2.24, 2.45) is 11.8 Å². The first-order chi connectivity index (χ1) is 9.86. The first-order valence-corrected chi connectivity index (χ1v) is 10.4. The average Bonchev–Trinajstić information content (AvgIpc) is 2.95. The maximum Gasteiger partial charge on any atom is 0.245 e. The lowest BCUT2D eigenvalue weighted by atomic mass is 10.0. The predicted molar refractivity (Wildman–Crippen MR) is 91.1 cm³/mol. The number of halogens is 1. The van der Waals surface area contributed by atoms with Gasteiger partial charge in [-0.3, -0.25) is 0 Å². The minimum atomic E-state index is -3.38. The summed E-state index contributed by atoms with van der Waals surface area (Å²) in [7, 11) is -3.38. The van der Waals surface area contributed by atoms with Crippen LogP contribution in [-0.2, 0) is 16.6 Å². The molecule has 2 unspecified atom stereocenters. The van der Waals surface area contributed by atoms with Crippen LogP contribution in [0.15, 0.2) is 14.7 Å². The van der Waals surface area contributed by atoms with Crippen molar-refractivity contribution >= 4 is 37.3 Å². The Morgan fingerprint density at radius 3 is 2.57 bits per heavy atom. The molecule has 1 fully saturated rings. The van der Waals surface area contributed by atoms with Gasteiger partial charge in [-0.25, -0.2) is 8.42 Å². The van der Waals surface area contributed by atoms with E-state index in [2.05, 4.69) is 42.0 Å². The molecule has 0 aliphatic carbocycles. The summed E-state index contributed by atoms with van der Waals surface area (Å²) in [5.74, 6) is 0.839. The normalized spacial score (nSPS) is 23.8. The van der Waals surface area contributed by atoms with E-state index in [4.69, 9.17) is 0 Å². The molecule has 120 valence electrons. The molecule has 0 aromatic carbocycles. The Bertz CT molecular complexity index is 576. The lowest BCUT2D eigenvalue weighted by molar-refractivity contribution is 0.463. The molecule has 1 aromatic rings. The van der Waals surface area contributed by atoms with Gasteiger partial charge in [0.15, 0.2) is 0 Å². The van der Waals surface area contributed by atoms with Crippen molar-refractivity contribution in [1.29, 1.82) is 0 Å². The second-order valence-electron chi connectivity index (χ2n) is 5.80. The van der Waals surface area contributed by atoms with Gasteiger partial charge in [-0.05, 0) is 46.8 Å². The van der Waals surface area contributed by atoms with Crippen LogP contribution in [0, 0.1) is 11.8 Å². The Hall–Kier alpha value is 0.0500. The van der Waals surface area contributed by atoms with Gasteiger partial charge in [0.2, 0.25) is 10.0 Å². The van der Waals surface area contributed by atoms with E-state index >= 15 is 0 Å². The first kappa shape index (κ1) is 17.4. The van der Waals surface area contributed by atoms with Gasteiger partial charge in [-0.15, -0.1) is 11.3 Å². The van der Waals surface area contributed by atoms with Gasteiger partial charge in [0.25, 0.3) is 0 Å². The van der Waals surface area contributed by atoms with Crippen LogP contribution in [0.25, 0.3) is 0 Å². The summed E-state index contributed by atoms with van der Waals surface area (Å²) in [6, 6.07) is 1.81. The topological polar surface area (TPSA) is 49.4 Å². The number of rotatable bonds is 6. The number of sulfonamides is 1. The number of hydrogen-bond donors (Lipinski definition) is 1. The molecule has 1 saturated heterocycles. The molecule has 0 amide bonds. The zero-order chi connectivity index (χ0) is 15.6. The number of hydrogen-bond acceptors (Lipinski definition) is 4. The monoisotopic (exact) mass is 394 g/mol. The van der Waals surface area contributed by atoms with E-state index in [0.29, 0.717) is 33.6 Å². The van der Waals surface area contributed by atoms with Gasteiger partial charge in [-0.2, -0.15) is 4.31 Å². The van der Waals surface area contributed by atoms with E-state index in [-0.39, 0.29) is 0 Å². The quantitative estimate of drug-likeness (QED) is 0.752. The Morgan fingerprint density at radius 1 is 1.38 bits per heavy atom. The summed E-state index contributed by atoms with van der Waals surface area (Å²) in [4.78, 5) is 1.47. The molecule has 1 N–H and O–H groups in total. The van der Waals surface area contributed by atoms with Crippen molar-refractivity contribution in [3.63, 3.8) is 0 Å². The van der Waals surface area contributed by atoms with E-state index in [9.17, 15) is 8.42 Å². The number of nitrogens with zero attached hydrogens (tertiary/aromatic N) is 1. The number of thiophene rings is 1. The van der Waals surface area contributed by atoms with Crippen LogP contribution in [0.1, 0.15) is 32.1 Å². The van der Waals surface area contributed by atoms with Gasteiger partial charge in [0.05, 0.1) is 3.79 Å². The third-order valence-electron chi connectivity index (χ3n) is 4.00. The summed E-state index contributed by atoms with van der Waals surface area (Å²) in [5.41, 5.74) is 0. The van der Waals surface area contributed by atoms with E-state index < -0.39 is 10.0 Å². The van der Waals surface area contributed by atoms with Crippen LogP contribution < -0.4 is 5.32 Å². The lowest BCUT2D eigenvalue weighted by Crippen LogP contribution is -2.29. The average molecular weight is 395 g/mol. The highest BCUT2D eigenvalue weighted by Crippen LogP contribution is 2.36. The van der Waals surface area contributed by atoms with E-state index in [1.165, 1.54) is 11.3 Å².